The Labute approximate surface area is 148 Å². The van der Waals surface area contributed by atoms with Gasteiger partial charge < -0.3 is 25.4 Å². The Kier molecular flexibility index (Phi) is 7.25. The number of ether oxygens (including phenoxy) is 1. The maximum absolute atomic E-state index is 11.9. The molecule has 2 rings (SSSR count). The van der Waals surface area contributed by atoms with E-state index in [1.807, 2.05) is 49.3 Å². The second-order valence-electron chi connectivity index (χ2n) is 6.04. The predicted octanol–water partition coefficient (Wildman–Crippen LogP) is 2.31. The van der Waals surface area contributed by atoms with Crippen LogP contribution in [0.2, 0.25) is 0 Å². The zero-order valence-electron chi connectivity index (χ0n) is 14.6. The molecule has 134 valence electrons. The normalized spacial score (nSPS) is 11.8. The number of hydrogen-bond donors (Lipinski definition) is 3. The highest BCUT2D eigenvalue weighted by Crippen LogP contribution is 2.16. The topological polar surface area (TPSA) is 73.8 Å². The van der Waals surface area contributed by atoms with E-state index in [-0.39, 0.29) is 12.6 Å². The van der Waals surface area contributed by atoms with Crippen LogP contribution in [0, 0.1) is 0 Å². The van der Waals surface area contributed by atoms with Gasteiger partial charge in [-0.15, -0.1) is 0 Å². The Hall–Kier alpha value is -2.57. The smallest absolute Gasteiger partial charge is 0.319 e. The van der Waals surface area contributed by atoms with Gasteiger partial charge >= 0.3 is 6.03 Å². The lowest BCUT2D eigenvalue weighted by molar-refractivity contribution is 0.0831. The van der Waals surface area contributed by atoms with Crippen LogP contribution in [-0.2, 0) is 6.54 Å². The van der Waals surface area contributed by atoms with E-state index in [1.165, 1.54) is 0 Å². The molecule has 0 aliphatic rings. The number of nitrogens with zero attached hydrogens (tertiary/aromatic N) is 1. The van der Waals surface area contributed by atoms with Crippen molar-refractivity contribution in [2.24, 2.45) is 0 Å². The molecular weight excluding hydrogens is 318 g/mol. The van der Waals surface area contributed by atoms with Crippen LogP contribution in [0.4, 0.5) is 10.5 Å². The number of amides is 2. The van der Waals surface area contributed by atoms with Crippen molar-refractivity contribution in [3.8, 4) is 5.75 Å². The molecule has 0 saturated carbocycles. The Morgan fingerprint density at radius 2 is 1.80 bits per heavy atom. The highest BCUT2D eigenvalue weighted by molar-refractivity contribution is 5.89. The van der Waals surface area contributed by atoms with Gasteiger partial charge in [0, 0.05) is 18.8 Å². The van der Waals surface area contributed by atoms with Crippen LogP contribution < -0.4 is 15.4 Å². The first kappa shape index (κ1) is 18.8. The van der Waals surface area contributed by atoms with Crippen LogP contribution in [-0.4, -0.2) is 49.4 Å². The van der Waals surface area contributed by atoms with Crippen molar-refractivity contribution in [3.05, 3.63) is 60.2 Å². The molecule has 0 saturated heterocycles. The molecule has 3 N–H and O–H groups in total. The van der Waals surface area contributed by atoms with Crippen LogP contribution >= 0.6 is 0 Å². The van der Waals surface area contributed by atoms with Gasteiger partial charge in [0.1, 0.15) is 18.5 Å². The molecule has 2 aromatic rings. The van der Waals surface area contributed by atoms with Crippen molar-refractivity contribution in [2.75, 3.05) is 32.6 Å². The fraction of sp³-hybridized carbons (Fsp3) is 0.316. The van der Waals surface area contributed by atoms with Gasteiger partial charge in [-0.25, -0.2) is 4.79 Å². The molecule has 0 radical (unpaired) electrons. The summed E-state index contributed by atoms with van der Waals surface area (Å²) in [5.74, 6) is 0.646. The maximum atomic E-state index is 11.9. The van der Waals surface area contributed by atoms with E-state index in [4.69, 9.17) is 4.74 Å². The van der Waals surface area contributed by atoms with Crippen molar-refractivity contribution in [1.82, 2.24) is 10.2 Å². The summed E-state index contributed by atoms with van der Waals surface area (Å²) in [6, 6.07) is 16.5. The summed E-state index contributed by atoms with van der Waals surface area (Å²) in [7, 11) is 3.79. The highest BCUT2D eigenvalue weighted by atomic mass is 16.5. The number of anilines is 1. The SMILES string of the molecule is CN(C)C[C@H](O)COc1ccc(NC(=O)NCc2ccccc2)cc1. The third-order valence-corrected chi connectivity index (χ3v) is 3.43. The summed E-state index contributed by atoms with van der Waals surface area (Å²) in [5.41, 5.74) is 1.71. The van der Waals surface area contributed by atoms with Crippen LogP contribution in [0.25, 0.3) is 0 Å². The number of urea groups is 1. The Morgan fingerprint density at radius 3 is 2.44 bits per heavy atom. The fourth-order valence-corrected chi connectivity index (χ4v) is 2.25. The van der Waals surface area contributed by atoms with Gasteiger partial charge in [0.25, 0.3) is 0 Å². The number of aliphatic hydroxyl groups excluding tert-OH is 1. The number of carbonyl (C=O) groups excluding carboxylic acids is 1. The summed E-state index contributed by atoms with van der Waals surface area (Å²) in [6.45, 7) is 1.24. The molecule has 0 spiro atoms. The summed E-state index contributed by atoms with van der Waals surface area (Å²) in [6.07, 6.45) is -0.545. The molecule has 2 amide bonds. The molecule has 6 nitrogen and oxygen atoms in total. The van der Waals surface area contributed by atoms with E-state index < -0.39 is 6.10 Å². The van der Waals surface area contributed by atoms with Crippen LogP contribution in [0.1, 0.15) is 5.56 Å². The third-order valence-electron chi connectivity index (χ3n) is 3.43. The average Bonchev–Trinajstić information content (AvgIpc) is 2.60. The first-order chi connectivity index (χ1) is 12.0. The molecule has 0 aromatic heterocycles. The lowest BCUT2D eigenvalue weighted by Gasteiger charge is -2.16. The largest absolute Gasteiger partial charge is 0.491 e. The number of rotatable bonds is 8. The summed E-state index contributed by atoms with van der Waals surface area (Å²) in [5, 5.41) is 15.3. The van der Waals surface area contributed by atoms with E-state index in [9.17, 15) is 9.90 Å². The minimum absolute atomic E-state index is 0.225. The van der Waals surface area contributed by atoms with Gasteiger partial charge in [-0.3, -0.25) is 0 Å². The molecule has 6 heteroatoms. The lowest BCUT2D eigenvalue weighted by Crippen LogP contribution is -2.30. The van der Waals surface area contributed by atoms with Gasteiger partial charge in [0.2, 0.25) is 0 Å². The second kappa shape index (κ2) is 9.66. The number of hydrogen-bond acceptors (Lipinski definition) is 4. The van der Waals surface area contributed by atoms with Gasteiger partial charge in [-0.1, -0.05) is 30.3 Å². The molecule has 0 unspecified atom stereocenters. The second-order valence-corrected chi connectivity index (χ2v) is 6.04. The van der Waals surface area contributed by atoms with E-state index >= 15 is 0 Å². The van der Waals surface area contributed by atoms with E-state index in [1.54, 1.807) is 24.3 Å². The van der Waals surface area contributed by atoms with Gasteiger partial charge in [0.15, 0.2) is 0 Å². The molecule has 2 aromatic carbocycles. The lowest BCUT2D eigenvalue weighted by atomic mass is 10.2. The van der Waals surface area contributed by atoms with Crippen LogP contribution in [0.15, 0.2) is 54.6 Å². The van der Waals surface area contributed by atoms with Crippen molar-refractivity contribution in [2.45, 2.75) is 12.6 Å². The highest BCUT2D eigenvalue weighted by Gasteiger charge is 2.07. The van der Waals surface area contributed by atoms with Crippen LogP contribution in [0.5, 0.6) is 5.75 Å². The van der Waals surface area contributed by atoms with E-state index in [0.29, 0.717) is 24.5 Å². The summed E-state index contributed by atoms with van der Waals surface area (Å²) in [4.78, 5) is 13.8. The van der Waals surface area contributed by atoms with Crippen molar-refractivity contribution in [1.29, 1.82) is 0 Å². The van der Waals surface area contributed by atoms with Crippen molar-refractivity contribution >= 4 is 11.7 Å². The monoisotopic (exact) mass is 343 g/mol. The first-order valence-corrected chi connectivity index (χ1v) is 8.17. The summed E-state index contributed by atoms with van der Waals surface area (Å²) < 4.78 is 5.53. The number of aliphatic hydroxyl groups is 1. The van der Waals surface area contributed by atoms with Crippen LogP contribution in [0.3, 0.4) is 0 Å². The zero-order chi connectivity index (χ0) is 18.1. The fourth-order valence-electron chi connectivity index (χ4n) is 2.25. The molecule has 1 atom stereocenters. The molecule has 0 fully saturated rings. The molecule has 0 heterocycles. The zero-order valence-corrected chi connectivity index (χ0v) is 14.6. The Morgan fingerprint density at radius 1 is 1.12 bits per heavy atom. The minimum atomic E-state index is -0.545. The van der Waals surface area contributed by atoms with E-state index in [0.717, 1.165) is 5.56 Å². The standard InChI is InChI=1S/C19H25N3O3/c1-22(2)13-17(23)14-25-18-10-8-16(9-11-18)21-19(24)20-12-15-6-4-3-5-7-15/h3-11,17,23H,12-14H2,1-2H3,(H2,20,21,24)/t17-/m0/s1. The molecule has 0 aliphatic heterocycles. The van der Waals surface area contributed by atoms with E-state index in [2.05, 4.69) is 10.6 Å². The number of benzene rings is 2. The molecule has 0 aliphatic carbocycles. The van der Waals surface area contributed by atoms with Gasteiger partial charge in [0.05, 0.1) is 0 Å². The Balaban J connectivity index is 1.74. The number of likely N-dealkylation sites (N-methyl/N-ethyl adjacent to an activating group) is 1. The third kappa shape index (κ3) is 7.24. The first-order valence-electron chi connectivity index (χ1n) is 8.17. The predicted molar refractivity (Wildman–Crippen MR) is 98.8 cm³/mol. The Bertz CT molecular complexity index is 645. The molecule has 0 bridgehead atoms. The minimum Gasteiger partial charge on any atom is -0.491 e. The van der Waals surface area contributed by atoms with Gasteiger partial charge in [-0.05, 0) is 43.9 Å². The summed E-state index contributed by atoms with van der Waals surface area (Å²) >= 11 is 0. The maximum Gasteiger partial charge on any atom is 0.319 e. The molecule has 25 heavy (non-hydrogen) atoms. The van der Waals surface area contributed by atoms with Crippen molar-refractivity contribution < 1.29 is 14.6 Å². The average molecular weight is 343 g/mol. The van der Waals surface area contributed by atoms with Gasteiger partial charge in [-0.2, -0.15) is 0 Å². The van der Waals surface area contributed by atoms with Crippen molar-refractivity contribution in [3.63, 3.8) is 0 Å². The number of carbonyl (C=O) groups is 1. The quantitative estimate of drug-likeness (QED) is 0.688. The number of nitrogens with one attached hydrogen (secondary N) is 2. The molecular formula is C19H25N3O3.